The molecule has 0 saturated carbocycles. The van der Waals surface area contributed by atoms with Crippen LogP contribution in [-0.4, -0.2) is 11.8 Å². The molecular weight excluding hydrogens is 221 g/mol. The van der Waals surface area contributed by atoms with Gasteiger partial charge in [-0.25, -0.2) is 4.39 Å². The fourth-order valence-electron chi connectivity index (χ4n) is 1.31. The Balaban J connectivity index is 2.51. The van der Waals surface area contributed by atoms with Crippen molar-refractivity contribution < 1.29 is 14.0 Å². The van der Waals surface area contributed by atoms with Crippen molar-refractivity contribution in [2.24, 2.45) is 0 Å². The number of carbonyl (C=O) groups is 2. The van der Waals surface area contributed by atoms with Crippen molar-refractivity contribution in [3.05, 3.63) is 40.7 Å². The first-order valence-electron chi connectivity index (χ1n) is 4.11. The van der Waals surface area contributed by atoms with Crippen LogP contribution in [0.2, 0.25) is 0 Å². The van der Waals surface area contributed by atoms with Crippen molar-refractivity contribution in [1.29, 1.82) is 0 Å². The van der Waals surface area contributed by atoms with Gasteiger partial charge in [-0.15, -0.1) is 0 Å². The molecule has 1 N–H and O–H groups in total. The molecule has 3 nitrogen and oxygen atoms in total. The van der Waals surface area contributed by atoms with Crippen LogP contribution in [0.1, 0.15) is 5.56 Å². The van der Waals surface area contributed by atoms with Gasteiger partial charge in [-0.1, -0.05) is 23.7 Å². The summed E-state index contributed by atoms with van der Waals surface area (Å²) in [6.45, 7) is 0. The van der Waals surface area contributed by atoms with Gasteiger partial charge in [-0.05, 0) is 17.7 Å². The molecule has 0 unspecified atom stereocenters. The quantitative estimate of drug-likeness (QED) is 0.735. The van der Waals surface area contributed by atoms with Crippen molar-refractivity contribution in [2.75, 3.05) is 0 Å². The molecule has 0 fully saturated rings. The van der Waals surface area contributed by atoms with Crippen molar-refractivity contribution in [1.82, 2.24) is 5.32 Å². The highest BCUT2D eigenvalue weighted by Gasteiger charge is 2.29. The van der Waals surface area contributed by atoms with Gasteiger partial charge < -0.3 is 0 Å². The summed E-state index contributed by atoms with van der Waals surface area (Å²) in [6, 6.07) is 5.18. The number of hydrogen-bond acceptors (Lipinski definition) is 2. The molecule has 1 aliphatic rings. The molecule has 2 amide bonds. The molecule has 0 saturated heterocycles. The van der Waals surface area contributed by atoms with Gasteiger partial charge in [0.1, 0.15) is 10.8 Å². The normalized spacial score (nSPS) is 15.9. The van der Waals surface area contributed by atoms with E-state index in [0.29, 0.717) is 5.56 Å². The first-order chi connectivity index (χ1) is 7.09. The molecule has 5 heteroatoms. The molecule has 0 atom stereocenters. The van der Waals surface area contributed by atoms with E-state index >= 15 is 0 Å². The molecule has 15 heavy (non-hydrogen) atoms. The number of amides is 2. The van der Waals surface area contributed by atoms with Crippen LogP contribution in [0.25, 0.3) is 5.57 Å². The lowest BCUT2D eigenvalue weighted by Crippen LogP contribution is -2.22. The van der Waals surface area contributed by atoms with Gasteiger partial charge in [0.2, 0.25) is 0 Å². The average molecular weight is 226 g/mol. The number of nitrogens with one attached hydrogen (secondary N) is 1. The summed E-state index contributed by atoms with van der Waals surface area (Å²) < 4.78 is 12.6. The maximum absolute atomic E-state index is 12.6. The molecule has 0 aliphatic carbocycles. The van der Waals surface area contributed by atoms with Crippen molar-refractivity contribution in [2.45, 2.75) is 0 Å². The third-order valence-electron chi connectivity index (χ3n) is 2.01. The number of benzene rings is 1. The van der Waals surface area contributed by atoms with Crippen LogP contribution in [-0.2, 0) is 9.59 Å². The zero-order valence-corrected chi connectivity index (χ0v) is 8.14. The van der Waals surface area contributed by atoms with Crippen molar-refractivity contribution in [3.8, 4) is 0 Å². The summed E-state index contributed by atoms with van der Waals surface area (Å²) in [6.07, 6.45) is 0. The second-order valence-electron chi connectivity index (χ2n) is 2.98. The van der Waals surface area contributed by atoms with Gasteiger partial charge in [0.05, 0.1) is 5.57 Å². The van der Waals surface area contributed by atoms with Crippen LogP contribution in [0, 0.1) is 5.82 Å². The lowest BCUT2D eigenvalue weighted by atomic mass is 10.1. The number of imide groups is 1. The van der Waals surface area contributed by atoms with Crippen LogP contribution < -0.4 is 5.32 Å². The zero-order chi connectivity index (χ0) is 11.0. The summed E-state index contributed by atoms with van der Waals surface area (Å²) in [7, 11) is 0. The predicted octanol–water partition coefficient (Wildman–Crippen LogP) is 1.43. The lowest BCUT2D eigenvalue weighted by molar-refractivity contribution is -0.123. The molecule has 1 aliphatic heterocycles. The van der Waals surface area contributed by atoms with Gasteiger partial charge in [-0.3, -0.25) is 14.9 Å². The molecule has 0 spiro atoms. The molecule has 2 rings (SSSR count). The minimum Gasteiger partial charge on any atom is -0.287 e. The van der Waals surface area contributed by atoms with E-state index in [1.54, 1.807) is 0 Å². The summed E-state index contributed by atoms with van der Waals surface area (Å²) in [5.41, 5.74) is 0.506. The first-order valence-corrected chi connectivity index (χ1v) is 4.49. The summed E-state index contributed by atoms with van der Waals surface area (Å²) in [5.74, 6) is -1.60. The molecule has 0 radical (unpaired) electrons. The Morgan fingerprint density at radius 3 is 2.13 bits per heavy atom. The summed E-state index contributed by atoms with van der Waals surface area (Å²) >= 11 is 5.65. The lowest BCUT2D eigenvalue weighted by Gasteiger charge is -1.99. The topological polar surface area (TPSA) is 46.2 Å². The third-order valence-corrected chi connectivity index (χ3v) is 2.37. The monoisotopic (exact) mass is 225 g/mol. The van der Waals surface area contributed by atoms with E-state index in [1.165, 1.54) is 24.3 Å². The number of rotatable bonds is 1. The van der Waals surface area contributed by atoms with Gasteiger partial charge in [-0.2, -0.15) is 0 Å². The summed E-state index contributed by atoms with van der Waals surface area (Å²) in [5, 5.41) is 1.89. The summed E-state index contributed by atoms with van der Waals surface area (Å²) in [4.78, 5) is 22.4. The second-order valence-corrected chi connectivity index (χ2v) is 3.36. The molecule has 1 heterocycles. The Labute approximate surface area is 89.5 Å². The number of halogens is 2. The van der Waals surface area contributed by atoms with E-state index < -0.39 is 17.6 Å². The fourth-order valence-corrected chi connectivity index (χ4v) is 1.55. The highest BCUT2D eigenvalue weighted by atomic mass is 35.5. The SMILES string of the molecule is O=C1NC(=O)C(c2ccc(F)cc2)=C1Cl. The number of hydrogen-bond donors (Lipinski definition) is 1. The minimum absolute atomic E-state index is 0.0849. The maximum Gasteiger partial charge on any atom is 0.270 e. The predicted molar refractivity (Wildman–Crippen MR) is 52.3 cm³/mol. The molecule has 0 bridgehead atoms. The smallest absolute Gasteiger partial charge is 0.270 e. The van der Waals surface area contributed by atoms with E-state index in [0.717, 1.165) is 0 Å². The Morgan fingerprint density at radius 1 is 1.07 bits per heavy atom. The van der Waals surface area contributed by atoms with E-state index in [4.69, 9.17) is 11.6 Å². The Bertz CT molecular complexity index is 479. The molecular formula is C10H5ClFNO2. The van der Waals surface area contributed by atoms with E-state index in [2.05, 4.69) is 5.32 Å². The van der Waals surface area contributed by atoms with E-state index in [-0.39, 0.29) is 10.6 Å². The zero-order valence-electron chi connectivity index (χ0n) is 7.38. The van der Waals surface area contributed by atoms with Crippen LogP contribution >= 0.6 is 11.6 Å². The highest BCUT2D eigenvalue weighted by Crippen LogP contribution is 2.26. The largest absolute Gasteiger partial charge is 0.287 e. The van der Waals surface area contributed by atoms with Crippen LogP contribution in [0.4, 0.5) is 4.39 Å². The second kappa shape index (κ2) is 3.47. The molecule has 76 valence electrons. The van der Waals surface area contributed by atoms with Crippen LogP contribution in [0.15, 0.2) is 29.3 Å². The van der Waals surface area contributed by atoms with E-state index in [1.807, 2.05) is 0 Å². The van der Waals surface area contributed by atoms with Crippen LogP contribution in [0.3, 0.4) is 0 Å². The van der Waals surface area contributed by atoms with Crippen LogP contribution in [0.5, 0.6) is 0 Å². The van der Waals surface area contributed by atoms with Gasteiger partial charge in [0.15, 0.2) is 0 Å². The van der Waals surface area contributed by atoms with Crippen molar-refractivity contribution >= 4 is 29.0 Å². The standard InChI is InChI=1S/C10H5ClFNO2/c11-8-7(9(14)13-10(8)15)5-1-3-6(12)4-2-5/h1-4H,(H,13,14,15). The third kappa shape index (κ3) is 1.64. The molecule has 1 aromatic carbocycles. The van der Waals surface area contributed by atoms with Gasteiger partial charge in [0.25, 0.3) is 11.8 Å². The van der Waals surface area contributed by atoms with Crippen molar-refractivity contribution in [3.63, 3.8) is 0 Å². The number of carbonyl (C=O) groups excluding carboxylic acids is 2. The highest BCUT2D eigenvalue weighted by molar-refractivity contribution is 6.55. The Hall–Kier alpha value is -1.68. The minimum atomic E-state index is -0.624. The Morgan fingerprint density at radius 2 is 1.67 bits per heavy atom. The molecule has 1 aromatic rings. The Kier molecular flexibility index (Phi) is 2.28. The first kappa shape index (κ1) is 9.86. The van der Waals surface area contributed by atoms with E-state index in [9.17, 15) is 14.0 Å². The average Bonchev–Trinajstić information content (AvgIpc) is 2.44. The fraction of sp³-hybridized carbons (Fsp3) is 0. The van der Waals surface area contributed by atoms with Gasteiger partial charge >= 0.3 is 0 Å². The molecule has 0 aromatic heterocycles. The maximum atomic E-state index is 12.6. The van der Waals surface area contributed by atoms with Gasteiger partial charge in [0, 0.05) is 0 Å².